The first-order chi connectivity index (χ1) is 23.2. The molecule has 1 aliphatic rings. The summed E-state index contributed by atoms with van der Waals surface area (Å²) in [5.74, 6) is -1.71. The topological polar surface area (TPSA) is 289 Å². The quantitative estimate of drug-likeness (QED) is 0.0196. The van der Waals surface area contributed by atoms with E-state index in [-0.39, 0.29) is 60.3 Å². The van der Waals surface area contributed by atoms with Crippen molar-refractivity contribution in [1.29, 1.82) is 0 Å². The summed E-state index contributed by atoms with van der Waals surface area (Å²) in [6, 6.07) is 13.9. The summed E-state index contributed by atoms with van der Waals surface area (Å²) >= 11 is 0.320. The van der Waals surface area contributed by atoms with Crippen molar-refractivity contribution in [2.45, 2.75) is 14.7 Å². The van der Waals surface area contributed by atoms with Crippen LogP contribution in [0.1, 0.15) is 20.7 Å². The van der Waals surface area contributed by atoms with E-state index in [1.807, 2.05) is 0 Å². The number of anilines is 1. The van der Waals surface area contributed by atoms with Crippen LogP contribution in [0.5, 0.6) is 5.75 Å². The number of fused-ring (bicyclic) bond motifs is 3. The summed E-state index contributed by atoms with van der Waals surface area (Å²) in [5, 5.41) is 42.5. The number of nitrogens with two attached hydrogens (primary N) is 1. The molecular formula is C28H18N6O12S3. The maximum absolute atomic E-state index is 12.0. The number of phenols is 1. The molecule has 1 heterocycles. The Morgan fingerprint density at radius 3 is 2.08 bits per heavy atom. The van der Waals surface area contributed by atoms with Crippen LogP contribution in [0.15, 0.2) is 102 Å². The predicted molar refractivity (Wildman–Crippen MR) is 171 cm³/mol. The zero-order valence-electron chi connectivity index (χ0n) is 24.0. The fraction of sp³-hybridized carbons (Fsp3) is 0. The summed E-state index contributed by atoms with van der Waals surface area (Å²) in [7, 11) is -9.43. The molecule has 49 heavy (non-hydrogen) atoms. The van der Waals surface area contributed by atoms with Crippen LogP contribution >= 0.6 is 12.0 Å². The van der Waals surface area contributed by atoms with Crippen LogP contribution in [0.2, 0.25) is 0 Å². The van der Waals surface area contributed by atoms with Crippen LogP contribution < -0.4 is 11.1 Å². The fourth-order valence-corrected chi connectivity index (χ4v) is 6.54. The van der Waals surface area contributed by atoms with Crippen molar-refractivity contribution in [3.05, 3.63) is 77.9 Å². The number of azo groups is 2. The summed E-state index contributed by atoms with van der Waals surface area (Å²) in [4.78, 5) is 22.6. The van der Waals surface area contributed by atoms with Gasteiger partial charge in [0.1, 0.15) is 10.6 Å². The summed E-state index contributed by atoms with van der Waals surface area (Å²) in [6.07, 6.45) is 0. The van der Waals surface area contributed by atoms with E-state index in [0.717, 1.165) is 24.3 Å². The molecule has 0 atom stereocenters. The minimum Gasteiger partial charge on any atom is -0.505 e. The Balaban J connectivity index is 1.47. The van der Waals surface area contributed by atoms with E-state index in [4.69, 9.17) is 11.0 Å². The zero-order valence-corrected chi connectivity index (χ0v) is 26.4. The number of rotatable bonds is 9. The average Bonchev–Trinajstić information content (AvgIpc) is 3.33. The SMILES string of the molecule is Nc1c(S(=O)(=O)O)ccc2c(O)c(/N=N/c3ccc(/N=N/c4ccc5c(c4)C(=O)NC5=O)c4ccc(S(=O)(=O)O)cc34)c(SOOO)cc12. The lowest BCUT2D eigenvalue weighted by Crippen LogP contribution is -2.19. The van der Waals surface area contributed by atoms with Crippen LogP contribution in [-0.2, 0) is 29.6 Å². The molecule has 5 aromatic rings. The van der Waals surface area contributed by atoms with Gasteiger partial charge in [-0.25, -0.2) is 5.26 Å². The second-order valence-corrected chi connectivity index (χ2v) is 13.6. The Labute approximate surface area is 278 Å². The molecule has 0 spiro atoms. The van der Waals surface area contributed by atoms with Crippen molar-refractivity contribution < 1.29 is 55.3 Å². The van der Waals surface area contributed by atoms with Gasteiger partial charge in [-0.15, -0.1) is 19.7 Å². The lowest BCUT2D eigenvalue weighted by Gasteiger charge is -2.12. The van der Waals surface area contributed by atoms with Crippen LogP contribution in [0.3, 0.4) is 0 Å². The van der Waals surface area contributed by atoms with E-state index in [1.54, 1.807) is 0 Å². The summed E-state index contributed by atoms with van der Waals surface area (Å²) in [5.41, 5.74) is 5.97. The largest absolute Gasteiger partial charge is 0.505 e. The molecule has 0 fully saturated rings. The van der Waals surface area contributed by atoms with Gasteiger partial charge >= 0.3 is 0 Å². The molecule has 0 aromatic heterocycles. The van der Waals surface area contributed by atoms with E-state index < -0.39 is 53.3 Å². The number of hydrogen-bond donors (Lipinski definition) is 6. The number of carbonyl (C=O) groups excluding carboxylic acids is 2. The normalized spacial score (nSPS) is 13.6. The maximum atomic E-state index is 12.0. The number of phenolic OH excluding ortho intramolecular Hbond substituents is 1. The van der Waals surface area contributed by atoms with E-state index in [9.17, 15) is 40.6 Å². The third kappa shape index (κ3) is 6.42. The molecule has 0 saturated heterocycles. The highest BCUT2D eigenvalue weighted by Gasteiger charge is 2.27. The third-order valence-electron chi connectivity index (χ3n) is 7.16. The van der Waals surface area contributed by atoms with Crippen molar-refractivity contribution in [2.24, 2.45) is 20.5 Å². The van der Waals surface area contributed by atoms with Crippen LogP contribution in [-0.4, -0.2) is 48.1 Å². The van der Waals surface area contributed by atoms with Gasteiger partial charge < -0.3 is 10.8 Å². The number of carbonyl (C=O) groups is 2. The number of imide groups is 1. The number of amides is 2. The molecule has 5 aromatic carbocycles. The highest BCUT2D eigenvalue weighted by Crippen LogP contribution is 2.47. The molecule has 250 valence electrons. The van der Waals surface area contributed by atoms with Gasteiger partial charge in [-0.2, -0.15) is 21.9 Å². The molecule has 0 unspecified atom stereocenters. The first-order valence-electron chi connectivity index (χ1n) is 13.2. The van der Waals surface area contributed by atoms with Crippen LogP contribution in [0.25, 0.3) is 21.5 Å². The monoisotopic (exact) mass is 726 g/mol. The van der Waals surface area contributed by atoms with Gasteiger partial charge in [0.25, 0.3) is 32.1 Å². The highest BCUT2D eigenvalue weighted by molar-refractivity contribution is 7.94. The summed E-state index contributed by atoms with van der Waals surface area (Å²) < 4.78 is 71.2. The lowest BCUT2D eigenvalue weighted by molar-refractivity contribution is -0.432. The maximum Gasteiger partial charge on any atom is 0.296 e. The zero-order chi connectivity index (χ0) is 35.2. The fourth-order valence-electron chi connectivity index (χ4n) is 4.92. The van der Waals surface area contributed by atoms with Gasteiger partial charge in [0, 0.05) is 21.5 Å². The molecule has 7 N–H and O–H groups in total. The molecule has 0 radical (unpaired) electrons. The Morgan fingerprint density at radius 1 is 0.714 bits per heavy atom. The van der Waals surface area contributed by atoms with Crippen molar-refractivity contribution in [3.63, 3.8) is 0 Å². The molecule has 0 saturated carbocycles. The molecular weight excluding hydrogens is 709 g/mol. The smallest absolute Gasteiger partial charge is 0.296 e. The molecule has 1 aliphatic heterocycles. The van der Waals surface area contributed by atoms with E-state index in [0.29, 0.717) is 12.0 Å². The second-order valence-electron chi connectivity index (χ2n) is 10.0. The number of nitrogens with zero attached hydrogens (tertiary/aromatic N) is 4. The number of nitrogens with one attached hydrogen (secondary N) is 1. The van der Waals surface area contributed by atoms with Gasteiger partial charge in [-0.05, 0) is 60.7 Å². The number of hydrogen-bond acceptors (Lipinski definition) is 16. The number of aromatic hydroxyl groups is 1. The van der Waals surface area contributed by atoms with Crippen molar-refractivity contribution >= 4 is 94.1 Å². The van der Waals surface area contributed by atoms with Crippen LogP contribution in [0.4, 0.5) is 28.4 Å². The van der Waals surface area contributed by atoms with Gasteiger partial charge in [0.15, 0.2) is 5.75 Å². The van der Waals surface area contributed by atoms with Gasteiger partial charge in [-0.3, -0.25) is 24.0 Å². The Morgan fingerprint density at radius 2 is 1.39 bits per heavy atom. The standard InChI is InChI=1S/C28H18N6O12S3/c29-24-18-11-22(47-46-45-38)25(26(35)15(18)5-8-23(24)49(42,43)44)34-33-21-7-6-20(14-4-2-13(10-17(14)21)48(39,40)41)32-31-12-1-3-16-19(9-12)28(37)30-27(16)36/h1-11,35,38H,29H2,(H,30,36,37)(H,39,40,41)(H,42,43,44)/b32-31+,34-33+. The first-order valence-corrected chi connectivity index (χ1v) is 16.9. The van der Waals surface area contributed by atoms with Crippen molar-refractivity contribution in [1.82, 2.24) is 5.32 Å². The average molecular weight is 727 g/mol. The number of benzene rings is 5. The minimum atomic E-state index is -4.74. The Hall–Kier alpha value is -5.39. The first kappa shape index (κ1) is 33.5. The van der Waals surface area contributed by atoms with E-state index in [1.165, 1.54) is 42.5 Å². The van der Waals surface area contributed by atoms with Gasteiger partial charge in [-0.1, -0.05) is 11.1 Å². The van der Waals surface area contributed by atoms with Crippen molar-refractivity contribution in [2.75, 3.05) is 5.73 Å². The molecule has 18 nitrogen and oxygen atoms in total. The highest BCUT2D eigenvalue weighted by atomic mass is 32.2. The molecule has 21 heteroatoms. The third-order valence-corrected chi connectivity index (χ3v) is 9.54. The van der Waals surface area contributed by atoms with E-state index >= 15 is 0 Å². The molecule has 6 rings (SSSR count). The second kappa shape index (κ2) is 12.6. The Bertz CT molecular complexity index is 2540. The summed E-state index contributed by atoms with van der Waals surface area (Å²) in [6.45, 7) is 0. The molecule has 0 aliphatic carbocycles. The number of nitrogen functional groups attached to an aromatic ring is 1. The van der Waals surface area contributed by atoms with Gasteiger partial charge in [0.2, 0.25) is 0 Å². The molecule has 0 bridgehead atoms. The van der Waals surface area contributed by atoms with Gasteiger partial charge in [0.05, 0.1) is 55.7 Å². The lowest BCUT2D eigenvalue weighted by atomic mass is 10.1. The van der Waals surface area contributed by atoms with Crippen molar-refractivity contribution in [3.8, 4) is 5.75 Å². The minimum absolute atomic E-state index is 0.00294. The Kier molecular flexibility index (Phi) is 8.60. The molecule has 2 amide bonds. The predicted octanol–water partition coefficient (Wildman–Crippen LogP) is 5.92. The van der Waals surface area contributed by atoms with E-state index in [2.05, 4.69) is 35.1 Å². The van der Waals surface area contributed by atoms with Crippen LogP contribution in [0, 0.1) is 0 Å².